The molecule has 3 aromatic heterocycles. The second-order valence-electron chi connectivity index (χ2n) is 18.1. The van der Waals surface area contributed by atoms with Gasteiger partial charge in [-0.25, -0.2) is 4.98 Å². The minimum absolute atomic E-state index is 0. The van der Waals surface area contributed by atoms with Crippen molar-refractivity contribution in [3.8, 4) is 39.6 Å². The molecular formula is C65H47N4OPt-3. The van der Waals surface area contributed by atoms with E-state index >= 15 is 0 Å². The van der Waals surface area contributed by atoms with Crippen molar-refractivity contribution in [2.24, 2.45) is 4.99 Å². The largest absolute Gasteiger partial charge is 0.510 e. The molecule has 0 amide bonds. The third-order valence-corrected chi connectivity index (χ3v) is 12.8. The number of aryl methyl sites for hydroxylation is 1. The smallest absolute Gasteiger partial charge is 0.135 e. The summed E-state index contributed by atoms with van der Waals surface area (Å²) in [5.74, 6) is 1.45. The van der Waals surface area contributed by atoms with Crippen molar-refractivity contribution in [2.45, 2.75) is 33.1 Å². The van der Waals surface area contributed by atoms with E-state index in [4.69, 9.17) is 28.4 Å². The first-order valence-electron chi connectivity index (χ1n) is 27.9. The number of rotatable bonds is 7. The molecule has 3 heterocycles. The molecule has 0 N–H and O–H groups in total. The van der Waals surface area contributed by atoms with Crippen LogP contribution in [0.25, 0.3) is 93.2 Å². The molecule has 0 unspecified atom stereocenters. The van der Waals surface area contributed by atoms with Crippen LogP contribution in [-0.2, 0) is 26.5 Å². The Labute approximate surface area is 442 Å². The number of hydrogen-bond donors (Lipinski definition) is 0. The summed E-state index contributed by atoms with van der Waals surface area (Å²) in [5.41, 5.74) is 4.17. The van der Waals surface area contributed by atoms with E-state index in [2.05, 4.69) is 80.2 Å². The molecule has 346 valence electrons. The van der Waals surface area contributed by atoms with Gasteiger partial charge in [0.25, 0.3) is 0 Å². The summed E-state index contributed by atoms with van der Waals surface area (Å²) in [7, 11) is 0. The Morgan fingerprint density at radius 2 is 1.08 bits per heavy atom. The van der Waals surface area contributed by atoms with Crippen LogP contribution < -0.4 is 4.74 Å². The molecule has 5 nitrogen and oxygen atoms in total. The fourth-order valence-corrected chi connectivity index (χ4v) is 9.44. The molecule has 0 aliphatic heterocycles. The van der Waals surface area contributed by atoms with Gasteiger partial charge >= 0.3 is 0 Å². The van der Waals surface area contributed by atoms with E-state index in [1.807, 2.05) is 104 Å². The molecular weight excluding hydrogens is 1050 g/mol. The summed E-state index contributed by atoms with van der Waals surface area (Å²) in [6, 6.07) is 48.3. The first-order chi connectivity index (χ1) is 38.4. The average Bonchev–Trinajstić information content (AvgIpc) is 4.03. The zero-order chi connectivity index (χ0) is 56.1. The van der Waals surface area contributed by atoms with E-state index in [1.165, 1.54) is 12.1 Å². The Hall–Kier alpha value is -8.11. The molecule has 0 spiro atoms. The van der Waals surface area contributed by atoms with Crippen LogP contribution in [0.15, 0.2) is 217 Å². The van der Waals surface area contributed by atoms with E-state index in [0.29, 0.717) is 27.9 Å². The van der Waals surface area contributed by atoms with E-state index in [0.717, 1.165) is 65.7 Å². The second kappa shape index (κ2) is 18.7. The molecule has 0 bridgehead atoms. The van der Waals surface area contributed by atoms with Gasteiger partial charge in [0.05, 0.1) is 13.7 Å². The topological polar surface area (TPSA) is 44.3 Å². The number of aliphatic imine (C=N–C) groups is 1. The number of ether oxygens (including phenoxy) is 1. The van der Waals surface area contributed by atoms with Crippen molar-refractivity contribution >= 4 is 77.2 Å². The van der Waals surface area contributed by atoms with Crippen LogP contribution in [0.5, 0.6) is 11.5 Å². The van der Waals surface area contributed by atoms with Gasteiger partial charge in [0.15, 0.2) is 0 Å². The molecule has 6 heteroatoms. The van der Waals surface area contributed by atoms with E-state index < -0.39 is 60.4 Å². The molecule has 0 fully saturated rings. The molecule has 0 aliphatic carbocycles. The molecule has 0 saturated heterocycles. The number of fused-ring (bicyclic) bond motifs is 10. The minimum atomic E-state index is -0.598. The molecule has 9 aromatic carbocycles. The zero-order valence-electron chi connectivity index (χ0n) is 48.9. The summed E-state index contributed by atoms with van der Waals surface area (Å²) >= 11 is 0. The van der Waals surface area contributed by atoms with Crippen molar-refractivity contribution in [2.75, 3.05) is 0 Å². The molecule has 0 radical (unpaired) electrons. The summed E-state index contributed by atoms with van der Waals surface area (Å²) in [6.07, 6.45) is 5.18. The van der Waals surface area contributed by atoms with Gasteiger partial charge in [0.2, 0.25) is 0 Å². The van der Waals surface area contributed by atoms with Crippen LogP contribution in [-0.4, -0.2) is 20.5 Å². The maximum atomic E-state index is 9.14. The Balaban J connectivity index is 0.00000690. The van der Waals surface area contributed by atoms with Gasteiger partial charge in [-0.3, -0.25) is 0 Å². The van der Waals surface area contributed by atoms with E-state index in [1.54, 1.807) is 10.6 Å². The first-order valence-corrected chi connectivity index (χ1v) is 22.9. The third-order valence-electron chi connectivity index (χ3n) is 12.8. The van der Waals surface area contributed by atoms with Crippen LogP contribution in [0.1, 0.15) is 45.6 Å². The van der Waals surface area contributed by atoms with Gasteiger partial charge in [-0.2, -0.15) is 18.2 Å². The van der Waals surface area contributed by atoms with Crippen LogP contribution in [0.4, 0.5) is 5.69 Å². The predicted molar refractivity (Wildman–Crippen MR) is 292 cm³/mol. The minimum Gasteiger partial charge on any atom is -0.510 e. The molecule has 0 saturated carbocycles. The van der Waals surface area contributed by atoms with Gasteiger partial charge in [-0.1, -0.05) is 201 Å². The van der Waals surface area contributed by atoms with Gasteiger partial charge < -0.3 is 18.9 Å². The van der Waals surface area contributed by atoms with Gasteiger partial charge in [-0.05, 0) is 90.8 Å². The van der Waals surface area contributed by atoms with Crippen molar-refractivity contribution < 1.29 is 39.5 Å². The predicted octanol–water partition coefficient (Wildman–Crippen LogP) is 17.1. The van der Waals surface area contributed by atoms with Crippen molar-refractivity contribution in [1.82, 2.24) is 14.1 Å². The Bertz CT molecular complexity index is 4570. The first kappa shape index (κ1) is 35.1. The van der Waals surface area contributed by atoms with E-state index in [-0.39, 0.29) is 54.4 Å². The summed E-state index contributed by atoms with van der Waals surface area (Å²) in [4.78, 5) is 9.98. The standard InChI is InChI=1S/C65H47N4O.Pt/c1-43-19-17-31-58-54-27-14-12-25-52(54)51-24-11-13-26-53(51)56-35-33-47(70-48-34-36-57-55-28-15-16-32-59(55)69(61(57)41-48)62-39-46(37-38-66-62)65(2,3)4)40-60(56)68(64(43)58)42-67-63-49(44-20-7-5-8-21-44)29-18-30-50(63)45-22-9-6-10-23-45;/h5-39H,1-4H3;/q-3;/i5D,6D,7D,8D,9D,10D,20D,21D,22D,23D;. The van der Waals surface area contributed by atoms with Crippen molar-refractivity contribution in [3.63, 3.8) is 0 Å². The maximum Gasteiger partial charge on any atom is 0.135 e. The van der Waals surface area contributed by atoms with Crippen LogP contribution in [0, 0.1) is 19.1 Å². The van der Waals surface area contributed by atoms with Crippen LogP contribution >= 0.6 is 0 Å². The average molecular weight is 1110 g/mol. The number of nitrogens with zero attached hydrogens (tertiary/aromatic N) is 4. The number of aromatic nitrogens is 3. The molecule has 0 atom stereocenters. The maximum absolute atomic E-state index is 9.14. The number of hydrogen-bond acceptors (Lipinski definition) is 3. The fourth-order valence-electron chi connectivity index (χ4n) is 9.44. The fraction of sp³-hybridized carbons (Fsp3) is 0.0769. The Morgan fingerprint density at radius 1 is 0.563 bits per heavy atom. The molecule has 12 rings (SSSR count). The summed E-state index contributed by atoms with van der Waals surface area (Å²) in [5, 5.41) is 7.12. The Kier molecular flexibility index (Phi) is 9.21. The molecule has 71 heavy (non-hydrogen) atoms. The van der Waals surface area contributed by atoms with Gasteiger partial charge in [0, 0.05) is 56.3 Å². The molecule has 12 aromatic rings. The Morgan fingerprint density at radius 3 is 1.70 bits per heavy atom. The van der Waals surface area contributed by atoms with E-state index in [9.17, 15) is 0 Å². The molecule has 0 aliphatic rings. The number of pyridine rings is 1. The van der Waals surface area contributed by atoms with Crippen molar-refractivity contribution in [1.29, 1.82) is 0 Å². The van der Waals surface area contributed by atoms with Crippen molar-refractivity contribution in [3.05, 3.63) is 235 Å². The normalized spacial score (nSPS) is 13.7. The number of para-hydroxylation sites is 3. The summed E-state index contributed by atoms with van der Waals surface area (Å²) in [6.45, 7) is 8.48. The second-order valence-corrected chi connectivity index (χ2v) is 18.1. The van der Waals surface area contributed by atoms with Crippen LogP contribution in [0.2, 0.25) is 0 Å². The monoisotopic (exact) mass is 1100 g/mol. The quantitative estimate of drug-likeness (QED) is 0.0907. The van der Waals surface area contributed by atoms with Gasteiger partial charge in [0.1, 0.15) is 5.82 Å². The van der Waals surface area contributed by atoms with Crippen LogP contribution in [0.3, 0.4) is 0 Å². The zero-order valence-corrected chi connectivity index (χ0v) is 41.2. The summed E-state index contributed by atoms with van der Waals surface area (Å²) < 4.78 is 98.9. The number of benzene rings is 9. The van der Waals surface area contributed by atoms with Gasteiger partial charge in [-0.15, -0.1) is 34.5 Å². The SMILES string of the molecule is [2H]c1c([2H])c([2H])c(-c2cccc(-c3c([2H])c([2H])c([2H])c([2H])c3[2H])c2N=[C-]n2c3[c-]c(Oc4[c-]c5c(cc4)c4ccccc4n5-c4cc(C(C)(C)C)ccn4)ccc3c3ccccc3c3ccccc3c3cccc(C)c32)c([2H])c1[2H].[Pt]. The third kappa shape index (κ3) is 8.26.